The van der Waals surface area contributed by atoms with E-state index in [0.717, 1.165) is 0 Å². The molecule has 6 rings (SSSR count). The first kappa shape index (κ1) is 10.6. The van der Waals surface area contributed by atoms with Crippen molar-refractivity contribution in [3.05, 3.63) is 115 Å². The van der Waals surface area contributed by atoms with Gasteiger partial charge in [-0.05, 0) is 95.4 Å². The number of hydrogen-bond acceptors (Lipinski definition) is 2. The summed E-state index contributed by atoms with van der Waals surface area (Å²) in [4.78, 5) is 0. The minimum Gasteiger partial charge on any atom is -0.399 e. The summed E-state index contributed by atoms with van der Waals surface area (Å²) in [6.07, 6.45) is 0. The summed E-state index contributed by atoms with van der Waals surface area (Å²) in [7, 11) is -1.53. The molecule has 1 fully saturated rings. The zero-order valence-corrected chi connectivity index (χ0v) is 20.4. The van der Waals surface area contributed by atoms with Crippen molar-refractivity contribution in [3.63, 3.8) is 0 Å². The molecular formula is C34H31BO2. The molecular weight excluding hydrogens is 451 g/mol. The summed E-state index contributed by atoms with van der Waals surface area (Å²) >= 11 is 0. The van der Waals surface area contributed by atoms with Crippen LogP contribution < -0.4 is 5.46 Å². The van der Waals surface area contributed by atoms with E-state index in [1.165, 1.54) is 0 Å². The Hall–Kier alpha value is -3.66. The number of rotatable bonds is 4. The van der Waals surface area contributed by atoms with E-state index in [2.05, 4.69) is 0 Å². The standard InChI is InChI=1S/C34H31BO2/c1-33(2)34(3,4)37-35(36-33)32-22-30(25-13-9-6-10-14-25)21-31(23-32)29-18-17-27-19-26(15-16-28(27)20-29)24-11-7-5-8-12-24/h5-23H,1-4H3/i5D,6D,7D,8D,9D,10D,11D,12D,13D,14D,15D,16D,17D,18D,19D,20D,21D,22D,23D. The lowest BCUT2D eigenvalue weighted by Gasteiger charge is -2.32. The molecule has 0 radical (unpaired) electrons. The van der Waals surface area contributed by atoms with Crippen molar-refractivity contribution in [2.24, 2.45) is 0 Å². The quantitative estimate of drug-likeness (QED) is 0.232. The second-order valence-electron chi connectivity index (χ2n) is 9.38. The van der Waals surface area contributed by atoms with E-state index in [4.69, 9.17) is 29.9 Å². The maximum Gasteiger partial charge on any atom is 0.494 e. The minimum atomic E-state index is -1.53. The first-order chi connectivity index (χ1) is 25.7. The second kappa shape index (κ2) is 9.02. The molecule has 0 spiro atoms. The lowest BCUT2D eigenvalue weighted by Crippen LogP contribution is -2.41. The molecule has 5 aromatic carbocycles. The highest BCUT2D eigenvalue weighted by atomic mass is 16.7. The van der Waals surface area contributed by atoms with E-state index in [0.29, 0.717) is 0 Å². The highest BCUT2D eigenvalue weighted by Gasteiger charge is 2.51. The average molecular weight is 502 g/mol. The van der Waals surface area contributed by atoms with E-state index in [1.807, 2.05) is 0 Å². The largest absolute Gasteiger partial charge is 0.494 e. The molecule has 0 aromatic heterocycles. The van der Waals surface area contributed by atoms with Gasteiger partial charge >= 0.3 is 7.12 Å². The molecule has 1 aliphatic rings. The molecule has 0 saturated carbocycles. The normalized spacial score (nSPS) is 23.5. The van der Waals surface area contributed by atoms with Crippen LogP contribution in [0.15, 0.2) is 115 Å². The Balaban J connectivity index is 1.80. The van der Waals surface area contributed by atoms with Crippen LogP contribution in [0.1, 0.15) is 53.7 Å². The van der Waals surface area contributed by atoms with Crippen LogP contribution in [0.25, 0.3) is 44.2 Å². The summed E-state index contributed by atoms with van der Waals surface area (Å²) < 4.78 is 178. The van der Waals surface area contributed by atoms with Crippen molar-refractivity contribution < 1.29 is 35.4 Å². The SMILES string of the molecule is [2H]c1c([2H])c([2H])c(-c2c([2H])c(B3OC(C)(C)C(C)(C)O3)c([2H])c(-c3c([2H])c([2H])c4c([2H])c(-c5c([2H])c([2H])c([2H])c([2H])c5[2H])c([2H])c([2H])c4c3[2H])c2[2H])c([2H])c1[2H]. The Bertz CT molecular complexity index is 2530. The number of benzene rings is 5. The summed E-state index contributed by atoms with van der Waals surface area (Å²) in [6.45, 7) is 6.73. The zero-order chi connectivity index (χ0) is 42.2. The van der Waals surface area contributed by atoms with E-state index in [9.17, 15) is 5.48 Å². The van der Waals surface area contributed by atoms with Gasteiger partial charge in [-0.3, -0.25) is 0 Å². The third kappa shape index (κ3) is 4.50. The molecule has 0 amide bonds. The molecule has 0 unspecified atom stereocenters. The topological polar surface area (TPSA) is 18.5 Å². The van der Waals surface area contributed by atoms with Crippen LogP contribution in [0.5, 0.6) is 0 Å². The molecule has 182 valence electrons. The van der Waals surface area contributed by atoms with Crippen LogP contribution >= 0.6 is 0 Å². The lowest BCUT2D eigenvalue weighted by molar-refractivity contribution is 0.00578. The van der Waals surface area contributed by atoms with Crippen LogP contribution in [-0.4, -0.2) is 18.3 Å². The molecule has 5 aromatic rings. The van der Waals surface area contributed by atoms with Crippen molar-refractivity contribution >= 4 is 23.4 Å². The molecule has 3 heteroatoms. The first-order valence-corrected chi connectivity index (χ1v) is 11.4. The van der Waals surface area contributed by atoms with Gasteiger partial charge in [0.25, 0.3) is 0 Å². The zero-order valence-electron chi connectivity index (χ0n) is 39.4. The lowest BCUT2D eigenvalue weighted by atomic mass is 9.76. The van der Waals surface area contributed by atoms with Crippen LogP contribution in [0.2, 0.25) is 0 Å². The molecule has 0 aliphatic carbocycles. The van der Waals surface area contributed by atoms with E-state index < -0.39 is 183 Å². The van der Waals surface area contributed by atoms with Crippen molar-refractivity contribution in [1.82, 2.24) is 0 Å². The predicted octanol–water partition coefficient (Wildman–Crippen LogP) is 8.14. The van der Waals surface area contributed by atoms with Crippen LogP contribution in [0.4, 0.5) is 0 Å². The Morgan fingerprint density at radius 1 is 0.486 bits per heavy atom. The fourth-order valence-corrected chi connectivity index (χ4v) is 3.69. The van der Waals surface area contributed by atoms with E-state index >= 15 is 0 Å². The monoisotopic (exact) mass is 501 g/mol. The van der Waals surface area contributed by atoms with Gasteiger partial charge in [0.2, 0.25) is 0 Å². The van der Waals surface area contributed by atoms with Crippen LogP contribution in [0.3, 0.4) is 0 Å². The maximum atomic E-state index is 9.40. The highest BCUT2D eigenvalue weighted by molar-refractivity contribution is 6.62. The van der Waals surface area contributed by atoms with Gasteiger partial charge in [0.1, 0.15) is 0 Å². The Labute approximate surface area is 246 Å². The summed E-state index contributed by atoms with van der Waals surface area (Å²) in [5.74, 6) is 0. The summed E-state index contributed by atoms with van der Waals surface area (Å²) in [5.41, 5.74) is -6.24. The fraction of sp³-hybridized carbons (Fsp3) is 0.176. The predicted molar refractivity (Wildman–Crippen MR) is 156 cm³/mol. The fourth-order valence-electron chi connectivity index (χ4n) is 3.69. The summed E-state index contributed by atoms with van der Waals surface area (Å²) in [6, 6.07) is -15.2. The van der Waals surface area contributed by atoms with Gasteiger partial charge in [0.05, 0.1) is 37.2 Å². The van der Waals surface area contributed by atoms with Crippen molar-refractivity contribution in [2.45, 2.75) is 38.9 Å². The minimum absolute atomic E-state index is 0.396. The molecule has 0 N–H and O–H groups in total. The van der Waals surface area contributed by atoms with Crippen molar-refractivity contribution in [2.75, 3.05) is 0 Å². The first-order valence-electron chi connectivity index (χ1n) is 20.9. The molecule has 1 saturated heterocycles. The Kier molecular flexibility index (Phi) is 2.59. The number of fused-ring (bicyclic) bond motifs is 1. The molecule has 1 aliphatic heterocycles. The van der Waals surface area contributed by atoms with Gasteiger partial charge in [0.15, 0.2) is 0 Å². The van der Waals surface area contributed by atoms with E-state index in [-0.39, 0.29) is 0 Å². The van der Waals surface area contributed by atoms with Gasteiger partial charge in [-0.1, -0.05) is 96.7 Å². The third-order valence-corrected chi connectivity index (χ3v) is 6.38. The van der Waals surface area contributed by atoms with Crippen molar-refractivity contribution in [1.29, 1.82) is 0 Å². The van der Waals surface area contributed by atoms with Gasteiger partial charge in [0, 0.05) is 0 Å². The van der Waals surface area contributed by atoms with Crippen molar-refractivity contribution in [3.8, 4) is 33.4 Å². The maximum absolute atomic E-state index is 9.40. The third-order valence-electron chi connectivity index (χ3n) is 6.38. The molecule has 1 heterocycles. The summed E-state index contributed by atoms with van der Waals surface area (Å²) in [5, 5.41) is -1.15. The Morgan fingerprint density at radius 2 is 0.919 bits per heavy atom. The van der Waals surface area contributed by atoms with Gasteiger partial charge in [-0.15, -0.1) is 0 Å². The second-order valence-corrected chi connectivity index (χ2v) is 9.38. The van der Waals surface area contributed by atoms with Gasteiger partial charge in [-0.2, -0.15) is 0 Å². The molecule has 0 bridgehead atoms. The van der Waals surface area contributed by atoms with Gasteiger partial charge < -0.3 is 9.31 Å². The highest BCUT2D eigenvalue weighted by Crippen LogP contribution is 2.37. The van der Waals surface area contributed by atoms with Gasteiger partial charge in [-0.25, -0.2) is 0 Å². The van der Waals surface area contributed by atoms with Crippen LogP contribution in [0, 0.1) is 0 Å². The molecule has 37 heavy (non-hydrogen) atoms. The smallest absolute Gasteiger partial charge is 0.399 e. The van der Waals surface area contributed by atoms with E-state index in [1.54, 1.807) is 27.7 Å². The number of hydrogen-bond donors (Lipinski definition) is 0. The average Bonchev–Trinajstić information content (AvgIpc) is 3.34. The van der Waals surface area contributed by atoms with Crippen LogP contribution in [-0.2, 0) is 9.31 Å². The Morgan fingerprint density at radius 3 is 1.43 bits per heavy atom. The molecule has 2 nitrogen and oxygen atoms in total. The molecule has 0 atom stereocenters.